The number of rotatable bonds is 5. The van der Waals surface area contributed by atoms with Gasteiger partial charge in [0.15, 0.2) is 5.13 Å². The van der Waals surface area contributed by atoms with Crippen molar-refractivity contribution in [2.75, 3.05) is 19.0 Å². The molecule has 0 saturated carbocycles. The molecule has 2 aromatic heterocycles. The van der Waals surface area contributed by atoms with Gasteiger partial charge < -0.3 is 14.8 Å². The predicted molar refractivity (Wildman–Crippen MR) is 89.7 cm³/mol. The van der Waals surface area contributed by atoms with Crippen LogP contribution in [0, 0.1) is 0 Å². The van der Waals surface area contributed by atoms with Gasteiger partial charge in [-0.05, 0) is 36.6 Å². The molecule has 1 N–H and O–H groups in total. The Hall–Kier alpha value is -2.12. The van der Waals surface area contributed by atoms with Crippen LogP contribution >= 0.6 is 22.7 Å². The average Bonchev–Trinajstić information content (AvgIpc) is 3.13. The molecule has 5 nitrogen and oxygen atoms in total. The molecule has 2 heterocycles. The van der Waals surface area contributed by atoms with Crippen LogP contribution in [0.5, 0.6) is 5.75 Å². The van der Waals surface area contributed by atoms with Gasteiger partial charge in [-0.3, -0.25) is 0 Å². The van der Waals surface area contributed by atoms with Crippen molar-refractivity contribution in [2.24, 2.45) is 0 Å². The highest BCUT2D eigenvalue weighted by Gasteiger charge is 2.15. The first-order valence-electron chi connectivity index (χ1n) is 6.67. The Kier molecular flexibility index (Phi) is 4.26. The first kappa shape index (κ1) is 14.8. The van der Waals surface area contributed by atoms with Crippen molar-refractivity contribution in [2.45, 2.75) is 6.92 Å². The minimum atomic E-state index is -0.325. The van der Waals surface area contributed by atoms with E-state index >= 15 is 0 Å². The van der Waals surface area contributed by atoms with Crippen molar-refractivity contribution in [1.29, 1.82) is 0 Å². The van der Waals surface area contributed by atoms with Gasteiger partial charge in [0.2, 0.25) is 0 Å². The third-order valence-electron chi connectivity index (χ3n) is 2.98. The largest absolute Gasteiger partial charge is 0.497 e. The fraction of sp³-hybridized carbons (Fsp3) is 0.200. The molecular formula is C15H14N2O3S2. The van der Waals surface area contributed by atoms with Crippen LogP contribution in [0.4, 0.5) is 10.1 Å². The Labute approximate surface area is 135 Å². The maximum Gasteiger partial charge on any atom is 0.341 e. The van der Waals surface area contributed by atoms with E-state index in [1.54, 1.807) is 20.1 Å². The van der Waals surface area contributed by atoms with Crippen LogP contribution in [-0.2, 0) is 4.74 Å². The van der Waals surface area contributed by atoms with E-state index in [1.165, 1.54) is 22.7 Å². The van der Waals surface area contributed by atoms with Crippen LogP contribution in [0.15, 0.2) is 29.6 Å². The van der Waals surface area contributed by atoms with Gasteiger partial charge in [-0.25, -0.2) is 9.78 Å². The van der Waals surface area contributed by atoms with Gasteiger partial charge in [0.1, 0.15) is 10.8 Å². The van der Waals surface area contributed by atoms with E-state index < -0.39 is 0 Å². The monoisotopic (exact) mass is 334 g/mol. The minimum absolute atomic E-state index is 0.325. The van der Waals surface area contributed by atoms with E-state index in [2.05, 4.69) is 10.3 Å². The first-order chi connectivity index (χ1) is 10.7. The number of anilines is 2. The molecule has 114 valence electrons. The lowest BCUT2D eigenvalue weighted by molar-refractivity contribution is 0.0528. The summed E-state index contributed by atoms with van der Waals surface area (Å²) in [4.78, 5) is 16.4. The smallest absolute Gasteiger partial charge is 0.341 e. The summed E-state index contributed by atoms with van der Waals surface area (Å²) >= 11 is 2.96. The number of nitrogens with one attached hydrogen (secondary N) is 1. The summed E-state index contributed by atoms with van der Waals surface area (Å²) in [6.45, 7) is 2.15. The highest BCUT2D eigenvalue weighted by Crippen LogP contribution is 2.33. The zero-order valence-electron chi connectivity index (χ0n) is 12.1. The summed E-state index contributed by atoms with van der Waals surface area (Å²) in [6, 6.07) is 7.48. The number of methoxy groups -OCH3 is 1. The molecule has 0 spiro atoms. The van der Waals surface area contributed by atoms with E-state index in [1.807, 2.05) is 23.6 Å². The summed E-state index contributed by atoms with van der Waals surface area (Å²) in [5, 5.41) is 6.53. The standard InChI is InChI=1S/C15H14N2O3S2/c1-3-20-14(18)10-6-7-21-13(10)17-15-16-11-5-4-9(19-2)8-12(11)22-15/h4-8H,3H2,1-2H3,(H,16,17). The molecule has 0 radical (unpaired) electrons. The number of thiazole rings is 1. The summed E-state index contributed by atoms with van der Waals surface area (Å²) in [6.07, 6.45) is 0. The SMILES string of the molecule is CCOC(=O)c1ccsc1Nc1nc2ccc(OC)cc2s1. The van der Waals surface area contributed by atoms with Gasteiger partial charge >= 0.3 is 5.97 Å². The molecule has 0 aliphatic heterocycles. The van der Waals surface area contributed by atoms with Crippen molar-refractivity contribution in [1.82, 2.24) is 4.98 Å². The second-order valence-electron chi connectivity index (χ2n) is 4.36. The van der Waals surface area contributed by atoms with Gasteiger partial charge in [0.25, 0.3) is 0 Å². The lowest BCUT2D eigenvalue weighted by Gasteiger charge is -2.03. The zero-order chi connectivity index (χ0) is 15.5. The Morgan fingerprint density at radius 3 is 3.00 bits per heavy atom. The molecular weight excluding hydrogens is 320 g/mol. The highest BCUT2D eigenvalue weighted by atomic mass is 32.1. The molecule has 0 saturated heterocycles. The molecule has 0 unspecified atom stereocenters. The fourth-order valence-electron chi connectivity index (χ4n) is 1.96. The number of thiophene rings is 1. The fourth-order valence-corrected chi connectivity index (χ4v) is 3.70. The molecule has 0 bridgehead atoms. The predicted octanol–water partition coefficient (Wildman–Crippen LogP) is 4.29. The van der Waals surface area contributed by atoms with E-state index in [0.717, 1.165) is 26.1 Å². The van der Waals surface area contributed by atoms with Crippen LogP contribution in [0.2, 0.25) is 0 Å². The number of fused-ring (bicyclic) bond motifs is 1. The summed E-state index contributed by atoms with van der Waals surface area (Å²) in [5.74, 6) is 0.472. The third kappa shape index (κ3) is 2.90. The molecule has 0 aliphatic rings. The van der Waals surface area contributed by atoms with Crippen LogP contribution in [0.3, 0.4) is 0 Å². The summed E-state index contributed by atoms with van der Waals surface area (Å²) in [5.41, 5.74) is 1.42. The quantitative estimate of drug-likeness (QED) is 0.705. The second kappa shape index (κ2) is 6.33. The molecule has 7 heteroatoms. The zero-order valence-corrected chi connectivity index (χ0v) is 13.7. The number of hydrogen-bond donors (Lipinski definition) is 1. The number of carbonyl (C=O) groups excluding carboxylic acids is 1. The van der Waals surface area contributed by atoms with Crippen LogP contribution in [0.1, 0.15) is 17.3 Å². The molecule has 3 rings (SSSR count). The first-order valence-corrected chi connectivity index (χ1v) is 8.37. The number of hydrogen-bond acceptors (Lipinski definition) is 7. The number of nitrogens with zero attached hydrogens (tertiary/aromatic N) is 1. The number of aromatic nitrogens is 1. The van der Waals surface area contributed by atoms with Crippen molar-refractivity contribution in [3.8, 4) is 5.75 Å². The summed E-state index contributed by atoms with van der Waals surface area (Å²) < 4.78 is 11.3. The second-order valence-corrected chi connectivity index (χ2v) is 6.31. The molecule has 0 fully saturated rings. The Morgan fingerprint density at radius 2 is 2.23 bits per heavy atom. The Morgan fingerprint density at radius 1 is 1.36 bits per heavy atom. The van der Waals surface area contributed by atoms with Crippen molar-refractivity contribution < 1.29 is 14.3 Å². The van der Waals surface area contributed by atoms with E-state index in [4.69, 9.17) is 9.47 Å². The number of carbonyl (C=O) groups is 1. The lowest BCUT2D eigenvalue weighted by Crippen LogP contribution is -2.05. The Balaban J connectivity index is 1.87. The topological polar surface area (TPSA) is 60.5 Å². The molecule has 3 aromatic rings. The van der Waals surface area contributed by atoms with Gasteiger partial charge in [-0.15, -0.1) is 11.3 Å². The van der Waals surface area contributed by atoms with Crippen molar-refractivity contribution >= 4 is 49.0 Å². The Bertz CT molecular complexity index is 810. The van der Waals surface area contributed by atoms with Gasteiger partial charge in [-0.2, -0.15) is 0 Å². The highest BCUT2D eigenvalue weighted by molar-refractivity contribution is 7.22. The van der Waals surface area contributed by atoms with Gasteiger partial charge in [0.05, 0.1) is 29.5 Å². The maximum absolute atomic E-state index is 11.9. The van der Waals surface area contributed by atoms with Crippen LogP contribution in [-0.4, -0.2) is 24.7 Å². The minimum Gasteiger partial charge on any atom is -0.497 e. The molecule has 0 atom stereocenters. The third-order valence-corrected chi connectivity index (χ3v) is 4.74. The summed E-state index contributed by atoms with van der Waals surface area (Å²) in [7, 11) is 1.64. The molecule has 0 aliphatic carbocycles. The van der Waals surface area contributed by atoms with E-state index in [-0.39, 0.29) is 5.97 Å². The normalized spacial score (nSPS) is 10.6. The average molecular weight is 334 g/mol. The lowest BCUT2D eigenvalue weighted by atomic mass is 10.3. The maximum atomic E-state index is 11.9. The number of esters is 1. The molecule has 1 aromatic carbocycles. The van der Waals surface area contributed by atoms with Crippen molar-refractivity contribution in [3.63, 3.8) is 0 Å². The van der Waals surface area contributed by atoms with Crippen LogP contribution in [0.25, 0.3) is 10.2 Å². The molecule has 22 heavy (non-hydrogen) atoms. The molecule has 0 amide bonds. The number of ether oxygens (including phenoxy) is 2. The van der Waals surface area contributed by atoms with E-state index in [0.29, 0.717) is 12.2 Å². The van der Waals surface area contributed by atoms with E-state index in [9.17, 15) is 4.79 Å². The number of benzene rings is 1. The van der Waals surface area contributed by atoms with Gasteiger partial charge in [0, 0.05) is 0 Å². The van der Waals surface area contributed by atoms with Crippen LogP contribution < -0.4 is 10.1 Å². The van der Waals surface area contributed by atoms with Gasteiger partial charge in [-0.1, -0.05) is 11.3 Å². The van der Waals surface area contributed by atoms with Crippen molar-refractivity contribution in [3.05, 3.63) is 35.2 Å².